The summed E-state index contributed by atoms with van der Waals surface area (Å²) >= 11 is 0. The van der Waals surface area contributed by atoms with E-state index >= 15 is 0 Å². The molecule has 0 fully saturated rings. The molecule has 7 aromatic carbocycles. The maximum absolute atomic E-state index is 5.09. The van der Waals surface area contributed by atoms with Crippen LogP contribution in [-0.2, 0) is 5.41 Å². The van der Waals surface area contributed by atoms with Crippen molar-refractivity contribution in [3.8, 4) is 78.4 Å². The lowest BCUT2D eigenvalue weighted by Gasteiger charge is -2.24. The van der Waals surface area contributed by atoms with Crippen LogP contribution in [0.15, 0.2) is 182 Å². The fraction of sp³-hybridized carbons (Fsp3) is 0.0612. The van der Waals surface area contributed by atoms with Crippen LogP contribution in [0.3, 0.4) is 0 Å². The molecule has 0 saturated heterocycles. The number of benzene rings is 7. The quantitative estimate of drug-likeness (QED) is 0.179. The molecule has 1 aliphatic rings. The summed E-state index contributed by atoms with van der Waals surface area (Å²) in [6, 6.07) is 64.8. The van der Waals surface area contributed by atoms with Crippen LogP contribution in [0.5, 0.6) is 0 Å². The zero-order valence-corrected chi connectivity index (χ0v) is 28.7. The number of nitrogens with zero attached hydrogens (tertiary/aromatic N) is 2. The molecule has 1 heterocycles. The fourth-order valence-electron chi connectivity index (χ4n) is 7.74. The lowest BCUT2D eigenvalue weighted by atomic mass is 9.78. The second kappa shape index (κ2) is 12.5. The van der Waals surface area contributed by atoms with E-state index in [4.69, 9.17) is 9.97 Å². The van der Waals surface area contributed by atoms with Crippen molar-refractivity contribution >= 4 is 0 Å². The molecule has 0 atom stereocenters. The number of hydrogen-bond donors (Lipinski definition) is 0. The lowest BCUT2D eigenvalue weighted by molar-refractivity contribution is 0.662. The molecule has 0 spiro atoms. The smallest absolute Gasteiger partial charge is 0.160 e. The molecule has 2 nitrogen and oxygen atoms in total. The number of hydrogen-bond acceptors (Lipinski definition) is 2. The van der Waals surface area contributed by atoms with Crippen LogP contribution in [0.4, 0.5) is 0 Å². The summed E-state index contributed by atoms with van der Waals surface area (Å²) in [5.74, 6) is 0.713. The van der Waals surface area contributed by atoms with Gasteiger partial charge in [0.15, 0.2) is 5.82 Å². The normalized spacial score (nSPS) is 12.7. The molecule has 9 rings (SSSR count). The highest BCUT2D eigenvalue weighted by Gasteiger charge is 2.37. The minimum atomic E-state index is -0.0714. The summed E-state index contributed by atoms with van der Waals surface area (Å²) in [7, 11) is 0. The average molecular weight is 653 g/mol. The molecular formula is C49H36N2. The first kappa shape index (κ1) is 30.7. The number of aromatic nitrogens is 2. The minimum Gasteiger partial charge on any atom is -0.228 e. The van der Waals surface area contributed by atoms with Gasteiger partial charge >= 0.3 is 0 Å². The first-order valence-electron chi connectivity index (χ1n) is 17.6. The van der Waals surface area contributed by atoms with Crippen molar-refractivity contribution in [2.24, 2.45) is 0 Å². The molecule has 0 N–H and O–H groups in total. The Kier molecular flexibility index (Phi) is 7.51. The van der Waals surface area contributed by atoms with Crippen LogP contribution in [0.2, 0.25) is 0 Å². The summed E-state index contributed by atoms with van der Waals surface area (Å²) < 4.78 is 0. The highest BCUT2D eigenvalue weighted by atomic mass is 14.9. The van der Waals surface area contributed by atoms with E-state index < -0.39 is 0 Å². The van der Waals surface area contributed by atoms with Crippen LogP contribution in [-0.4, -0.2) is 9.97 Å². The van der Waals surface area contributed by atoms with Crippen molar-refractivity contribution < 1.29 is 0 Å². The van der Waals surface area contributed by atoms with Gasteiger partial charge in [-0.15, -0.1) is 0 Å². The van der Waals surface area contributed by atoms with Gasteiger partial charge in [0.25, 0.3) is 0 Å². The van der Waals surface area contributed by atoms with Gasteiger partial charge in [-0.2, -0.15) is 0 Å². The molecule has 1 aromatic heterocycles. The van der Waals surface area contributed by atoms with E-state index in [1.807, 2.05) is 24.3 Å². The molecule has 2 heteroatoms. The van der Waals surface area contributed by atoms with Gasteiger partial charge in [-0.25, -0.2) is 9.97 Å². The van der Waals surface area contributed by atoms with E-state index in [9.17, 15) is 0 Å². The Hall–Kier alpha value is -6.38. The maximum atomic E-state index is 5.09. The summed E-state index contributed by atoms with van der Waals surface area (Å²) in [6.07, 6.45) is 0. The molecule has 0 aliphatic heterocycles. The monoisotopic (exact) mass is 652 g/mol. The fourth-order valence-corrected chi connectivity index (χ4v) is 7.74. The minimum absolute atomic E-state index is 0.0714. The van der Waals surface area contributed by atoms with Gasteiger partial charge in [-0.1, -0.05) is 178 Å². The molecule has 0 amide bonds. The molecule has 0 bridgehead atoms. The number of fused-ring (bicyclic) bond motifs is 3. The molecule has 1 aliphatic carbocycles. The van der Waals surface area contributed by atoms with Crippen LogP contribution in [0.1, 0.15) is 25.0 Å². The zero-order valence-electron chi connectivity index (χ0n) is 28.7. The van der Waals surface area contributed by atoms with Gasteiger partial charge in [0, 0.05) is 22.1 Å². The molecule has 242 valence electrons. The lowest BCUT2D eigenvalue weighted by Crippen LogP contribution is -2.16. The van der Waals surface area contributed by atoms with Crippen LogP contribution in [0.25, 0.3) is 78.4 Å². The Morgan fingerprint density at radius 3 is 1.53 bits per heavy atom. The van der Waals surface area contributed by atoms with Crippen molar-refractivity contribution in [3.63, 3.8) is 0 Å². The second-order valence-corrected chi connectivity index (χ2v) is 13.8. The van der Waals surface area contributed by atoms with Gasteiger partial charge in [-0.05, 0) is 73.8 Å². The first-order chi connectivity index (χ1) is 25.0. The topological polar surface area (TPSA) is 25.8 Å². The molecule has 0 radical (unpaired) electrons. The maximum Gasteiger partial charge on any atom is 0.160 e. The predicted octanol–water partition coefficient (Wildman–Crippen LogP) is 12.8. The van der Waals surface area contributed by atoms with Gasteiger partial charge < -0.3 is 0 Å². The van der Waals surface area contributed by atoms with Crippen LogP contribution in [0, 0.1) is 0 Å². The van der Waals surface area contributed by atoms with Crippen molar-refractivity contribution in [2.45, 2.75) is 19.3 Å². The third-order valence-electron chi connectivity index (χ3n) is 10.3. The van der Waals surface area contributed by atoms with E-state index in [2.05, 4.69) is 172 Å². The van der Waals surface area contributed by atoms with Crippen molar-refractivity contribution in [1.29, 1.82) is 0 Å². The standard InChI is InChI=1S/C49H36N2/c1-49(2)44-25-10-9-22-42(44)43-24-13-23-41(47(43)49)39-20-11-18-37(30-39)34-26-28-35(29-27-34)45-32-46(51-48(50-45)36-16-7-4-8-17-36)40-21-12-19-38(31-40)33-14-5-3-6-15-33/h3-32H,1-2H3. The Morgan fingerprint density at radius 2 is 0.804 bits per heavy atom. The predicted molar refractivity (Wildman–Crippen MR) is 212 cm³/mol. The third kappa shape index (κ3) is 5.56. The highest BCUT2D eigenvalue weighted by molar-refractivity contribution is 5.89. The third-order valence-corrected chi connectivity index (χ3v) is 10.3. The van der Waals surface area contributed by atoms with E-state index in [1.54, 1.807) is 0 Å². The van der Waals surface area contributed by atoms with Crippen molar-refractivity contribution in [1.82, 2.24) is 9.97 Å². The van der Waals surface area contributed by atoms with Gasteiger partial charge in [0.2, 0.25) is 0 Å². The molecule has 0 saturated carbocycles. The second-order valence-electron chi connectivity index (χ2n) is 13.8. The zero-order chi connectivity index (χ0) is 34.4. The SMILES string of the molecule is CC1(C)c2ccccc2-c2cccc(-c3cccc(-c4ccc(-c5cc(-c6cccc(-c7ccccc7)c6)nc(-c6ccccc6)n5)cc4)c3)c21. The summed E-state index contributed by atoms with van der Waals surface area (Å²) in [4.78, 5) is 10.2. The summed E-state index contributed by atoms with van der Waals surface area (Å²) in [5.41, 5.74) is 17.5. The summed E-state index contributed by atoms with van der Waals surface area (Å²) in [5, 5.41) is 0. The Morgan fingerprint density at radius 1 is 0.333 bits per heavy atom. The molecular weight excluding hydrogens is 617 g/mol. The van der Waals surface area contributed by atoms with Crippen molar-refractivity contribution in [2.75, 3.05) is 0 Å². The van der Waals surface area contributed by atoms with Crippen LogP contribution < -0.4 is 0 Å². The Bertz CT molecular complexity index is 2530. The first-order valence-corrected chi connectivity index (χ1v) is 17.6. The van der Waals surface area contributed by atoms with Gasteiger partial charge in [0.05, 0.1) is 11.4 Å². The Labute approximate surface area is 299 Å². The largest absolute Gasteiger partial charge is 0.228 e. The van der Waals surface area contributed by atoms with E-state index in [1.165, 1.54) is 50.1 Å². The number of rotatable bonds is 6. The molecule has 51 heavy (non-hydrogen) atoms. The van der Waals surface area contributed by atoms with Gasteiger partial charge in [0.1, 0.15) is 0 Å². The van der Waals surface area contributed by atoms with E-state index in [0.717, 1.165) is 33.6 Å². The van der Waals surface area contributed by atoms with Crippen LogP contribution >= 0.6 is 0 Å². The average Bonchev–Trinajstić information content (AvgIpc) is 3.44. The molecule has 8 aromatic rings. The van der Waals surface area contributed by atoms with E-state index in [0.29, 0.717) is 5.82 Å². The summed E-state index contributed by atoms with van der Waals surface area (Å²) in [6.45, 7) is 4.71. The Balaban J connectivity index is 1.08. The highest BCUT2D eigenvalue weighted by Crippen LogP contribution is 2.52. The van der Waals surface area contributed by atoms with E-state index in [-0.39, 0.29) is 5.41 Å². The van der Waals surface area contributed by atoms with Crippen molar-refractivity contribution in [3.05, 3.63) is 193 Å². The van der Waals surface area contributed by atoms with Gasteiger partial charge in [-0.3, -0.25) is 0 Å². The molecule has 0 unspecified atom stereocenters.